The summed E-state index contributed by atoms with van der Waals surface area (Å²) in [5, 5.41) is 18.5. The van der Waals surface area contributed by atoms with E-state index in [9.17, 15) is 4.79 Å². The van der Waals surface area contributed by atoms with Crippen LogP contribution in [0, 0.1) is 5.92 Å². The summed E-state index contributed by atoms with van der Waals surface area (Å²) in [7, 11) is 0. The van der Waals surface area contributed by atoms with Crippen LogP contribution in [0.2, 0.25) is 0 Å². The van der Waals surface area contributed by atoms with Gasteiger partial charge in [-0.1, -0.05) is 35.5 Å². The molecule has 5 rings (SSSR count). The molecular formula is C22H25N5O4. The number of carbonyl (C=O) groups is 1. The van der Waals surface area contributed by atoms with Gasteiger partial charge in [-0.15, -0.1) is 10.2 Å². The first-order valence-electron chi connectivity index (χ1n) is 10.6. The first kappa shape index (κ1) is 19.9. The molecule has 0 unspecified atom stereocenters. The standard InChI is InChI=1S/C22H25N5O4/c1-13(29-12-14-10-23-11-14)21-25-26-22(30-21)16-7-17(8-16)24-20(28)19-9-18(27-31-19)15-5-3-2-4-6-15/h2-6,9,13-14,16-17,23H,7-8,10-12H2,1H3,(H,24,28)/t13-,16-,17-/m1/s1. The molecule has 31 heavy (non-hydrogen) atoms. The zero-order chi connectivity index (χ0) is 21.2. The van der Waals surface area contributed by atoms with Crippen molar-refractivity contribution >= 4 is 5.91 Å². The predicted octanol–water partition coefficient (Wildman–Crippen LogP) is 2.70. The summed E-state index contributed by atoms with van der Waals surface area (Å²) in [6.45, 7) is 4.61. The van der Waals surface area contributed by atoms with Crippen LogP contribution in [0.3, 0.4) is 0 Å². The molecule has 1 aromatic carbocycles. The zero-order valence-electron chi connectivity index (χ0n) is 17.3. The second-order valence-corrected chi connectivity index (χ2v) is 8.26. The van der Waals surface area contributed by atoms with Gasteiger partial charge in [-0.2, -0.15) is 0 Å². The van der Waals surface area contributed by atoms with Crippen LogP contribution < -0.4 is 10.6 Å². The number of rotatable bonds is 8. The highest BCUT2D eigenvalue weighted by Gasteiger charge is 2.36. The van der Waals surface area contributed by atoms with Crippen molar-refractivity contribution in [3.63, 3.8) is 0 Å². The molecule has 1 amide bonds. The van der Waals surface area contributed by atoms with E-state index in [1.54, 1.807) is 6.07 Å². The number of carbonyl (C=O) groups excluding carboxylic acids is 1. The average Bonchev–Trinajstić information content (AvgIpc) is 3.40. The fourth-order valence-electron chi connectivity index (χ4n) is 3.71. The third kappa shape index (κ3) is 4.38. The SMILES string of the molecule is C[C@@H](OCC1CNC1)c1nnc([C@H]2C[C@H](NC(=O)c3cc(-c4ccccc4)no3)C2)o1. The van der Waals surface area contributed by atoms with Gasteiger partial charge in [0.05, 0.1) is 6.61 Å². The van der Waals surface area contributed by atoms with Gasteiger partial charge in [0.2, 0.25) is 17.5 Å². The quantitative estimate of drug-likeness (QED) is 0.568. The van der Waals surface area contributed by atoms with Crippen LogP contribution in [-0.2, 0) is 4.74 Å². The van der Waals surface area contributed by atoms with E-state index in [0.29, 0.717) is 30.0 Å². The molecule has 3 heterocycles. The highest BCUT2D eigenvalue weighted by molar-refractivity contribution is 5.92. The lowest BCUT2D eigenvalue weighted by Crippen LogP contribution is -2.44. The first-order chi connectivity index (χ1) is 15.2. The molecule has 162 valence electrons. The predicted molar refractivity (Wildman–Crippen MR) is 110 cm³/mol. The van der Waals surface area contributed by atoms with Gasteiger partial charge < -0.3 is 24.3 Å². The largest absolute Gasteiger partial charge is 0.422 e. The van der Waals surface area contributed by atoms with Crippen LogP contribution in [-0.4, -0.2) is 47.0 Å². The van der Waals surface area contributed by atoms with E-state index in [0.717, 1.165) is 31.5 Å². The lowest BCUT2D eigenvalue weighted by Gasteiger charge is -2.33. The number of benzene rings is 1. The summed E-state index contributed by atoms with van der Waals surface area (Å²) in [5.74, 6) is 1.75. The van der Waals surface area contributed by atoms with E-state index in [1.165, 1.54) is 0 Å². The van der Waals surface area contributed by atoms with E-state index < -0.39 is 0 Å². The lowest BCUT2D eigenvalue weighted by molar-refractivity contribution is 0.0113. The Morgan fingerprint density at radius 1 is 1.26 bits per heavy atom. The maximum atomic E-state index is 12.5. The molecular weight excluding hydrogens is 398 g/mol. The van der Waals surface area contributed by atoms with Gasteiger partial charge in [0.1, 0.15) is 11.8 Å². The fraction of sp³-hybridized carbons (Fsp3) is 0.455. The molecule has 0 radical (unpaired) electrons. The van der Waals surface area contributed by atoms with Crippen molar-refractivity contribution in [3.8, 4) is 11.3 Å². The molecule has 3 aromatic rings. The van der Waals surface area contributed by atoms with E-state index in [1.807, 2.05) is 37.3 Å². The Morgan fingerprint density at radius 2 is 2.06 bits per heavy atom. The Bertz CT molecular complexity index is 1020. The Kier molecular flexibility index (Phi) is 5.52. The molecule has 0 spiro atoms. The van der Waals surface area contributed by atoms with Crippen molar-refractivity contribution in [2.75, 3.05) is 19.7 Å². The normalized spacial score (nSPS) is 21.8. The number of nitrogens with zero attached hydrogens (tertiary/aromatic N) is 3. The smallest absolute Gasteiger partial charge is 0.290 e. The maximum absolute atomic E-state index is 12.5. The molecule has 1 saturated heterocycles. The minimum Gasteiger partial charge on any atom is -0.422 e. The van der Waals surface area contributed by atoms with E-state index in [2.05, 4.69) is 26.0 Å². The summed E-state index contributed by atoms with van der Waals surface area (Å²) < 4.78 is 16.9. The molecule has 2 N–H and O–H groups in total. The Balaban J connectivity index is 1.10. The van der Waals surface area contributed by atoms with Crippen molar-refractivity contribution in [1.29, 1.82) is 0 Å². The summed E-state index contributed by atoms with van der Waals surface area (Å²) in [4.78, 5) is 12.5. The van der Waals surface area contributed by atoms with Crippen LogP contribution in [0.25, 0.3) is 11.3 Å². The Morgan fingerprint density at radius 3 is 2.81 bits per heavy atom. The minimum atomic E-state index is -0.267. The van der Waals surface area contributed by atoms with Gasteiger partial charge in [0, 0.05) is 42.6 Å². The van der Waals surface area contributed by atoms with E-state index >= 15 is 0 Å². The van der Waals surface area contributed by atoms with Crippen LogP contribution >= 0.6 is 0 Å². The number of aromatic nitrogens is 3. The van der Waals surface area contributed by atoms with Crippen LogP contribution in [0.4, 0.5) is 0 Å². The molecule has 2 fully saturated rings. The van der Waals surface area contributed by atoms with Gasteiger partial charge in [0.15, 0.2) is 0 Å². The van der Waals surface area contributed by atoms with Gasteiger partial charge in [-0.05, 0) is 19.8 Å². The van der Waals surface area contributed by atoms with E-state index in [-0.39, 0.29) is 29.7 Å². The molecule has 2 aliphatic rings. The molecule has 1 aliphatic heterocycles. The maximum Gasteiger partial charge on any atom is 0.290 e. The Hall–Kier alpha value is -3.04. The second-order valence-electron chi connectivity index (χ2n) is 8.26. The molecule has 2 aromatic heterocycles. The van der Waals surface area contributed by atoms with Gasteiger partial charge in [-0.3, -0.25) is 4.79 Å². The van der Waals surface area contributed by atoms with Crippen molar-refractivity contribution in [2.45, 2.75) is 37.8 Å². The van der Waals surface area contributed by atoms with Crippen molar-refractivity contribution in [2.24, 2.45) is 5.92 Å². The molecule has 1 aliphatic carbocycles. The molecule has 1 atom stereocenters. The fourth-order valence-corrected chi connectivity index (χ4v) is 3.71. The van der Waals surface area contributed by atoms with Gasteiger partial charge >= 0.3 is 0 Å². The number of ether oxygens (including phenoxy) is 1. The topological polar surface area (TPSA) is 115 Å². The molecule has 9 nitrogen and oxygen atoms in total. The third-order valence-corrected chi connectivity index (χ3v) is 5.88. The number of hydrogen-bond acceptors (Lipinski definition) is 8. The average molecular weight is 423 g/mol. The molecule has 9 heteroatoms. The number of hydrogen-bond donors (Lipinski definition) is 2. The van der Waals surface area contributed by atoms with Crippen molar-refractivity contribution in [1.82, 2.24) is 26.0 Å². The first-order valence-corrected chi connectivity index (χ1v) is 10.6. The number of nitrogens with one attached hydrogen (secondary N) is 2. The highest BCUT2D eigenvalue weighted by Crippen LogP contribution is 2.37. The van der Waals surface area contributed by atoms with Crippen molar-refractivity contribution in [3.05, 3.63) is 53.9 Å². The minimum absolute atomic E-state index is 0.0397. The highest BCUT2D eigenvalue weighted by atomic mass is 16.5. The summed E-state index contributed by atoms with van der Waals surface area (Å²) in [6, 6.07) is 11.3. The summed E-state index contributed by atoms with van der Waals surface area (Å²) >= 11 is 0. The van der Waals surface area contributed by atoms with Crippen LogP contribution in [0.15, 0.2) is 45.3 Å². The second kappa shape index (κ2) is 8.60. The van der Waals surface area contributed by atoms with Gasteiger partial charge in [-0.25, -0.2) is 0 Å². The third-order valence-electron chi connectivity index (χ3n) is 5.88. The molecule has 1 saturated carbocycles. The monoisotopic (exact) mass is 423 g/mol. The molecule has 0 bridgehead atoms. The Labute approximate surface area is 179 Å². The lowest BCUT2D eigenvalue weighted by atomic mass is 9.80. The number of amides is 1. The van der Waals surface area contributed by atoms with Crippen molar-refractivity contribution < 1.29 is 18.5 Å². The van der Waals surface area contributed by atoms with Crippen LogP contribution in [0.5, 0.6) is 0 Å². The van der Waals surface area contributed by atoms with E-state index in [4.69, 9.17) is 13.7 Å². The summed E-state index contributed by atoms with van der Waals surface area (Å²) in [6.07, 6.45) is 1.27. The summed E-state index contributed by atoms with van der Waals surface area (Å²) in [5.41, 5.74) is 1.55. The van der Waals surface area contributed by atoms with Gasteiger partial charge in [0.25, 0.3) is 5.91 Å². The van der Waals surface area contributed by atoms with Crippen LogP contribution in [0.1, 0.15) is 54.1 Å². The zero-order valence-corrected chi connectivity index (χ0v) is 17.3.